The van der Waals surface area contributed by atoms with Crippen molar-refractivity contribution >= 4 is 23.5 Å². The highest BCUT2D eigenvalue weighted by molar-refractivity contribution is 6.27. The summed E-state index contributed by atoms with van der Waals surface area (Å²) in [6.07, 6.45) is 0.546. The minimum absolute atomic E-state index is 0.0619. The van der Waals surface area contributed by atoms with Gasteiger partial charge in [0.25, 0.3) is 0 Å². The molecule has 1 amide bonds. The van der Waals surface area contributed by atoms with Gasteiger partial charge in [-0.25, -0.2) is 0 Å². The van der Waals surface area contributed by atoms with E-state index in [0.29, 0.717) is 19.5 Å². The Labute approximate surface area is 143 Å². The van der Waals surface area contributed by atoms with E-state index >= 15 is 0 Å². The molecule has 0 aliphatic carbocycles. The lowest BCUT2D eigenvalue weighted by molar-refractivity contribution is -0.160. The third-order valence-electron chi connectivity index (χ3n) is 3.32. The normalized spacial score (nSPS) is 12.6. The number of benzene rings is 1. The predicted molar refractivity (Wildman–Crippen MR) is 92.2 cm³/mol. The maximum Gasteiger partial charge on any atom is 0.309 e. The van der Waals surface area contributed by atoms with Gasteiger partial charge in [0.1, 0.15) is 11.5 Å². The van der Waals surface area contributed by atoms with Gasteiger partial charge < -0.3 is 9.64 Å². The number of hydrogen-bond acceptors (Lipinski definition) is 3. The van der Waals surface area contributed by atoms with Gasteiger partial charge in [0.15, 0.2) is 0 Å². The maximum atomic E-state index is 12.0. The highest BCUT2D eigenvalue weighted by Gasteiger charge is 2.23. The Morgan fingerprint density at radius 1 is 1.22 bits per heavy atom. The van der Waals surface area contributed by atoms with Crippen LogP contribution in [0.5, 0.6) is 0 Å². The molecule has 0 fully saturated rings. The molecule has 0 spiro atoms. The van der Waals surface area contributed by atoms with Crippen LogP contribution in [0.15, 0.2) is 30.3 Å². The van der Waals surface area contributed by atoms with Crippen LogP contribution in [-0.4, -0.2) is 34.8 Å². The monoisotopic (exact) mass is 339 g/mol. The van der Waals surface area contributed by atoms with E-state index in [1.807, 2.05) is 58.0 Å². The van der Waals surface area contributed by atoms with Gasteiger partial charge in [0.05, 0.1) is 5.92 Å². The number of ether oxygens (including phenoxy) is 1. The molecule has 1 atom stereocenters. The minimum Gasteiger partial charge on any atom is -0.460 e. The lowest BCUT2D eigenvalue weighted by Crippen LogP contribution is -2.35. The van der Waals surface area contributed by atoms with Crippen LogP contribution in [0.3, 0.4) is 0 Å². The zero-order chi connectivity index (χ0) is 17.5. The van der Waals surface area contributed by atoms with Crippen molar-refractivity contribution in [1.29, 1.82) is 0 Å². The second-order valence-electron chi connectivity index (χ2n) is 6.66. The lowest BCUT2D eigenvalue weighted by atomic mass is 10.1. The molecule has 5 heteroatoms. The molecule has 0 aromatic heterocycles. The van der Waals surface area contributed by atoms with Crippen molar-refractivity contribution in [2.45, 2.75) is 46.3 Å². The average Bonchev–Trinajstić information content (AvgIpc) is 2.49. The van der Waals surface area contributed by atoms with Crippen molar-refractivity contribution in [1.82, 2.24) is 4.90 Å². The first-order chi connectivity index (χ1) is 10.7. The van der Waals surface area contributed by atoms with E-state index in [-0.39, 0.29) is 23.7 Å². The van der Waals surface area contributed by atoms with Gasteiger partial charge in [-0.3, -0.25) is 9.59 Å². The van der Waals surface area contributed by atoms with Gasteiger partial charge in [-0.15, -0.1) is 11.6 Å². The summed E-state index contributed by atoms with van der Waals surface area (Å²) in [5, 5.41) is 0. The summed E-state index contributed by atoms with van der Waals surface area (Å²) >= 11 is 5.70. The van der Waals surface area contributed by atoms with Crippen LogP contribution in [0.2, 0.25) is 0 Å². The summed E-state index contributed by atoms with van der Waals surface area (Å²) in [4.78, 5) is 25.7. The number of amides is 1. The van der Waals surface area contributed by atoms with Crippen molar-refractivity contribution in [3.05, 3.63) is 35.9 Å². The number of alkyl halides is 1. The van der Waals surface area contributed by atoms with E-state index in [9.17, 15) is 9.59 Å². The molecule has 0 N–H and O–H groups in total. The van der Waals surface area contributed by atoms with Gasteiger partial charge in [-0.05, 0) is 32.8 Å². The molecular formula is C18H26ClNO3. The number of carbonyl (C=O) groups is 2. The quantitative estimate of drug-likeness (QED) is 0.563. The first kappa shape index (κ1) is 19.5. The highest BCUT2D eigenvalue weighted by Crippen LogP contribution is 2.15. The number of hydrogen-bond donors (Lipinski definition) is 0. The van der Waals surface area contributed by atoms with Crippen molar-refractivity contribution in [3.8, 4) is 0 Å². The smallest absolute Gasteiger partial charge is 0.309 e. The van der Waals surface area contributed by atoms with Crippen LogP contribution in [0.25, 0.3) is 0 Å². The van der Waals surface area contributed by atoms with Crippen LogP contribution in [0.4, 0.5) is 0 Å². The Kier molecular flexibility index (Phi) is 7.56. The average molecular weight is 340 g/mol. The topological polar surface area (TPSA) is 46.6 Å². The molecule has 0 aliphatic rings. The Bertz CT molecular complexity index is 511. The first-order valence-corrected chi connectivity index (χ1v) is 8.37. The van der Waals surface area contributed by atoms with E-state index in [4.69, 9.17) is 16.3 Å². The Hall–Kier alpha value is -1.55. The second kappa shape index (κ2) is 8.92. The van der Waals surface area contributed by atoms with E-state index in [0.717, 1.165) is 5.56 Å². The maximum absolute atomic E-state index is 12.0. The van der Waals surface area contributed by atoms with Crippen molar-refractivity contribution in [2.24, 2.45) is 5.92 Å². The number of halogens is 1. The van der Waals surface area contributed by atoms with E-state index < -0.39 is 5.60 Å². The molecule has 0 saturated carbocycles. The Morgan fingerprint density at radius 3 is 2.35 bits per heavy atom. The van der Waals surface area contributed by atoms with Crippen molar-refractivity contribution in [3.63, 3.8) is 0 Å². The third-order valence-corrected chi connectivity index (χ3v) is 3.55. The van der Waals surface area contributed by atoms with Gasteiger partial charge in [0.2, 0.25) is 5.91 Å². The number of esters is 1. The molecule has 128 valence electrons. The molecule has 0 radical (unpaired) electrons. The van der Waals surface area contributed by atoms with E-state index in [1.165, 1.54) is 0 Å². The second-order valence-corrected chi connectivity index (χ2v) is 6.92. The summed E-state index contributed by atoms with van der Waals surface area (Å²) in [6.45, 7) is 8.32. The van der Waals surface area contributed by atoms with Crippen LogP contribution < -0.4 is 0 Å². The van der Waals surface area contributed by atoms with Crippen molar-refractivity contribution < 1.29 is 14.3 Å². The molecule has 1 rings (SSSR count). The van der Waals surface area contributed by atoms with Crippen LogP contribution in [0.1, 0.15) is 39.7 Å². The molecule has 1 aromatic rings. The molecular weight excluding hydrogens is 314 g/mol. The van der Waals surface area contributed by atoms with Crippen LogP contribution in [-0.2, 0) is 20.9 Å². The fraction of sp³-hybridized carbons (Fsp3) is 0.556. The standard InChI is InChI=1S/C18H26ClNO3/c1-14(17(22)23-18(2,3)4)10-11-20(16(21)12-19)13-15-8-6-5-7-9-15/h5-9,14H,10-13H2,1-4H3. The molecule has 0 aliphatic heterocycles. The van der Waals surface area contributed by atoms with Gasteiger partial charge >= 0.3 is 5.97 Å². The molecule has 1 aromatic carbocycles. The zero-order valence-corrected chi connectivity index (χ0v) is 15.1. The number of nitrogens with zero attached hydrogens (tertiary/aromatic N) is 1. The molecule has 4 nitrogen and oxygen atoms in total. The van der Waals surface area contributed by atoms with Crippen LogP contribution in [0, 0.1) is 5.92 Å². The summed E-state index contributed by atoms with van der Waals surface area (Å²) in [7, 11) is 0. The largest absolute Gasteiger partial charge is 0.460 e. The van der Waals surface area contributed by atoms with Crippen LogP contribution >= 0.6 is 11.6 Å². The Balaban J connectivity index is 2.61. The van der Waals surface area contributed by atoms with Crippen molar-refractivity contribution in [2.75, 3.05) is 12.4 Å². The number of rotatable bonds is 7. The third kappa shape index (κ3) is 7.51. The summed E-state index contributed by atoms with van der Waals surface area (Å²) < 4.78 is 5.37. The molecule has 1 unspecified atom stereocenters. The number of carbonyl (C=O) groups excluding carboxylic acids is 2. The summed E-state index contributed by atoms with van der Waals surface area (Å²) in [6, 6.07) is 9.73. The van der Waals surface area contributed by atoms with Gasteiger partial charge in [-0.2, -0.15) is 0 Å². The van der Waals surface area contributed by atoms with E-state index in [1.54, 1.807) is 4.90 Å². The Morgan fingerprint density at radius 2 is 1.83 bits per heavy atom. The first-order valence-electron chi connectivity index (χ1n) is 7.83. The molecule has 0 saturated heterocycles. The fourth-order valence-corrected chi connectivity index (χ4v) is 2.22. The predicted octanol–water partition coefficient (Wildman–Crippen LogP) is 3.62. The summed E-state index contributed by atoms with van der Waals surface area (Å²) in [5.74, 6) is -0.703. The van der Waals surface area contributed by atoms with E-state index in [2.05, 4.69) is 0 Å². The highest BCUT2D eigenvalue weighted by atomic mass is 35.5. The SMILES string of the molecule is CC(CCN(Cc1ccccc1)C(=O)CCl)C(=O)OC(C)(C)C. The zero-order valence-electron chi connectivity index (χ0n) is 14.3. The van der Waals surface area contributed by atoms with Gasteiger partial charge in [0, 0.05) is 13.1 Å². The molecule has 0 heterocycles. The molecule has 23 heavy (non-hydrogen) atoms. The summed E-state index contributed by atoms with van der Waals surface area (Å²) in [5.41, 5.74) is 0.539. The minimum atomic E-state index is -0.499. The lowest BCUT2D eigenvalue weighted by Gasteiger charge is -2.25. The van der Waals surface area contributed by atoms with Gasteiger partial charge in [-0.1, -0.05) is 37.3 Å². The molecule has 0 bridgehead atoms. The fourth-order valence-electron chi connectivity index (χ4n) is 2.05.